The second-order valence-corrected chi connectivity index (χ2v) is 8.64. The zero-order valence-electron chi connectivity index (χ0n) is 16.4. The van der Waals surface area contributed by atoms with Gasteiger partial charge in [-0.15, -0.1) is 10.2 Å². The van der Waals surface area contributed by atoms with Gasteiger partial charge in [-0.25, -0.2) is 4.98 Å². The Kier molecular flexibility index (Phi) is 4.67. The lowest BCUT2D eigenvalue weighted by Crippen LogP contribution is -2.49. The SMILES string of the molecule is Cn1cnnc1CC1(c2cccc(-c3nc4c(C(F)(F)F)c(Br)ccc4[nH]3)c2)COC1. The molecule has 1 N–H and O–H groups in total. The average molecular weight is 492 g/mol. The number of alkyl halides is 3. The summed E-state index contributed by atoms with van der Waals surface area (Å²) in [7, 11) is 1.89. The van der Waals surface area contributed by atoms with Crippen molar-refractivity contribution in [3.8, 4) is 11.4 Å². The van der Waals surface area contributed by atoms with E-state index in [0.717, 1.165) is 11.4 Å². The van der Waals surface area contributed by atoms with E-state index in [9.17, 15) is 13.2 Å². The minimum absolute atomic E-state index is 0.0338. The summed E-state index contributed by atoms with van der Waals surface area (Å²) in [6.07, 6.45) is -2.21. The predicted octanol–water partition coefficient (Wildman–Crippen LogP) is 4.65. The van der Waals surface area contributed by atoms with Crippen molar-refractivity contribution in [1.82, 2.24) is 24.7 Å². The minimum atomic E-state index is -4.52. The van der Waals surface area contributed by atoms with Gasteiger partial charge in [0.15, 0.2) is 0 Å². The van der Waals surface area contributed by atoms with Crippen LogP contribution in [0.4, 0.5) is 13.2 Å². The number of H-pyrrole nitrogens is 1. The van der Waals surface area contributed by atoms with Crippen LogP contribution < -0.4 is 0 Å². The Bertz CT molecular complexity index is 1280. The average Bonchev–Trinajstić information content (AvgIpc) is 3.29. The highest BCUT2D eigenvalue weighted by Gasteiger charge is 2.42. The van der Waals surface area contributed by atoms with Crippen LogP contribution in [-0.4, -0.2) is 37.9 Å². The maximum atomic E-state index is 13.6. The molecule has 1 aliphatic rings. The van der Waals surface area contributed by atoms with Crippen molar-refractivity contribution in [2.75, 3.05) is 13.2 Å². The lowest BCUT2D eigenvalue weighted by molar-refractivity contribution is -0.137. The van der Waals surface area contributed by atoms with E-state index in [1.165, 1.54) is 6.07 Å². The zero-order valence-corrected chi connectivity index (χ0v) is 18.0. The summed E-state index contributed by atoms with van der Waals surface area (Å²) in [5.74, 6) is 1.23. The highest BCUT2D eigenvalue weighted by Crippen LogP contribution is 2.41. The number of hydrogen-bond acceptors (Lipinski definition) is 4. The third kappa shape index (κ3) is 3.43. The quantitative estimate of drug-likeness (QED) is 0.451. The van der Waals surface area contributed by atoms with Crippen LogP contribution in [0.1, 0.15) is 17.0 Å². The molecule has 5 rings (SSSR count). The molecule has 0 bridgehead atoms. The molecule has 2 aromatic carbocycles. The van der Waals surface area contributed by atoms with E-state index in [1.54, 1.807) is 12.4 Å². The largest absolute Gasteiger partial charge is 0.419 e. The number of nitrogens with zero attached hydrogens (tertiary/aromatic N) is 4. The second kappa shape index (κ2) is 7.16. The number of ether oxygens (including phenoxy) is 1. The van der Waals surface area contributed by atoms with Gasteiger partial charge in [-0.05, 0) is 23.8 Å². The Hall–Kier alpha value is -2.72. The molecule has 1 fully saturated rings. The first-order chi connectivity index (χ1) is 14.8. The van der Waals surface area contributed by atoms with Crippen LogP contribution >= 0.6 is 15.9 Å². The number of imidazole rings is 1. The first-order valence-corrected chi connectivity index (χ1v) is 10.3. The Labute approximate surface area is 183 Å². The summed E-state index contributed by atoms with van der Waals surface area (Å²) in [4.78, 5) is 7.34. The van der Waals surface area contributed by atoms with Crippen molar-refractivity contribution in [3.63, 3.8) is 0 Å². The van der Waals surface area contributed by atoms with Gasteiger partial charge >= 0.3 is 6.18 Å². The number of aromatic nitrogens is 5. The molecule has 0 aliphatic carbocycles. The number of fused-ring (bicyclic) bond motifs is 1. The predicted molar refractivity (Wildman–Crippen MR) is 111 cm³/mol. The molecule has 6 nitrogen and oxygen atoms in total. The van der Waals surface area contributed by atoms with Crippen LogP contribution in [0, 0.1) is 0 Å². The maximum Gasteiger partial charge on any atom is 0.419 e. The molecule has 10 heteroatoms. The van der Waals surface area contributed by atoms with Crippen LogP contribution in [-0.2, 0) is 29.8 Å². The Morgan fingerprint density at radius 1 is 1.23 bits per heavy atom. The number of rotatable bonds is 4. The topological polar surface area (TPSA) is 68.6 Å². The summed E-state index contributed by atoms with van der Waals surface area (Å²) in [6.45, 7) is 1.07. The summed E-state index contributed by atoms with van der Waals surface area (Å²) < 4.78 is 48.1. The maximum absolute atomic E-state index is 13.6. The third-order valence-electron chi connectivity index (χ3n) is 5.69. The van der Waals surface area contributed by atoms with E-state index >= 15 is 0 Å². The molecule has 4 aromatic rings. The molecule has 31 heavy (non-hydrogen) atoms. The Balaban J connectivity index is 1.56. The summed E-state index contributed by atoms with van der Waals surface area (Å²) in [5, 5.41) is 8.13. The lowest BCUT2D eigenvalue weighted by atomic mass is 9.75. The number of nitrogens with one attached hydrogen (secondary N) is 1. The van der Waals surface area contributed by atoms with Gasteiger partial charge in [0.05, 0.1) is 24.3 Å². The molecule has 1 aliphatic heterocycles. The Morgan fingerprint density at radius 3 is 2.68 bits per heavy atom. The van der Waals surface area contributed by atoms with Crippen molar-refractivity contribution < 1.29 is 17.9 Å². The first-order valence-electron chi connectivity index (χ1n) is 9.54. The van der Waals surface area contributed by atoms with Gasteiger partial charge in [-0.2, -0.15) is 13.2 Å². The molecule has 0 unspecified atom stereocenters. The molecule has 160 valence electrons. The van der Waals surface area contributed by atoms with Crippen molar-refractivity contribution in [2.24, 2.45) is 7.05 Å². The number of halogens is 4. The molecule has 0 amide bonds. The minimum Gasteiger partial charge on any atom is -0.379 e. The highest BCUT2D eigenvalue weighted by atomic mass is 79.9. The van der Waals surface area contributed by atoms with E-state index in [2.05, 4.69) is 36.1 Å². The van der Waals surface area contributed by atoms with Crippen LogP contribution in [0.5, 0.6) is 0 Å². The van der Waals surface area contributed by atoms with Crippen molar-refractivity contribution in [1.29, 1.82) is 0 Å². The molecule has 0 atom stereocenters. The fraction of sp³-hybridized carbons (Fsp3) is 0.286. The first kappa shape index (κ1) is 20.2. The number of aryl methyl sites for hydroxylation is 1. The molecule has 2 aromatic heterocycles. The fourth-order valence-corrected chi connectivity index (χ4v) is 4.49. The zero-order chi connectivity index (χ0) is 21.8. The van der Waals surface area contributed by atoms with Crippen molar-refractivity contribution in [2.45, 2.75) is 18.0 Å². The van der Waals surface area contributed by atoms with Crippen molar-refractivity contribution >= 4 is 27.0 Å². The summed E-state index contributed by atoms with van der Waals surface area (Å²) in [5.41, 5.74) is 0.914. The smallest absolute Gasteiger partial charge is 0.379 e. The Morgan fingerprint density at radius 2 is 2.03 bits per heavy atom. The normalized spacial score (nSPS) is 15.9. The van der Waals surface area contributed by atoms with Crippen molar-refractivity contribution in [3.05, 3.63) is 64.1 Å². The number of benzene rings is 2. The molecular formula is C21H17BrF3N5O. The van der Waals surface area contributed by atoms with E-state index < -0.39 is 11.7 Å². The molecule has 1 saturated heterocycles. The molecular weight excluding hydrogens is 475 g/mol. The van der Waals surface area contributed by atoms with Gasteiger partial charge in [0.2, 0.25) is 0 Å². The number of aromatic amines is 1. The van der Waals surface area contributed by atoms with Crippen LogP contribution in [0.3, 0.4) is 0 Å². The van der Waals surface area contributed by atoms with Gasteiger partial charge in [-0.3, -0.25) is 0 Å². The van der Waals surface area contributed by atoms with Crippen LogP contribution in [0.25, 0.3) is 22.4 Å². The van der Waals surface area contributed by atoms with Gasteiger partial charge < -0.3 is 14.3 Å². The van der Waals surface area contributed by atoms with E-state index in [1.807, 2.05) is 35.9 Å². The van der Waals surface area contributed by atoms with Crippen LogP contribution in [0.15, 0.2) is 47.2 Å². The highest BCUT2D eigenvalue weighted by molar-refractivity contribution is 9.10. The number of hydrogen-bond donors (Lipinski definition) is 1. The van der Waals surface area contributed by atoms with Gasteiger partial charge in [0.1, 0.15) is 23.5 Å². The van der Waals surface area contributed by atoms with Crippen LogP contribution in [0.2, 0.25) is 0 Å². The molecule has 0 saturated carbocycles. The monoisotopic (exact) mass is 491 g/mol. The fourth-order valence-electron chi connectivity index (χ4n) is 3.94. The standard InChI is InChI=1S/C21H17BrF3N5O/c1-30-11-26-29-16(30)8-20(9-31-10-20)13-4-2-3-12(7-13)19-27-15-6-5-14(22)17(18(15)28-19)21(23,24)25/h2-7,11H,8-10H2,1H3,(H,27,28). The third-order valence-corrected chi connectivity index (χ3v) is 6.35. The van der Waals surface area contributed by atoms with Gasteiger partial charge in [0, 0.05) is 28.9 Å². The van der Waals surface area contributed by atoms with E-state index in [4.69, 9.17) is 4.74 Å². The van der Waals surface area contributed by atoms with Gasteiger partial charge in [0.25, 0.3) is 0 Å². The molecule has 0 radical (unpaired) electrons. The molecule has 3 heterocycles. The summed E-state index contributed by atoms with van der Waals surface area (Å²) >= 11 is 3.01. The second-order valence-electron chi connectivity index (χ2n) is 7.79. The van der Waals surface area contributed by atoms with E-state index in [-0.39, 0.29) is 15.4 Å². The van der Waals surface area contributed by atoms with Gasteiger partial charge in [-0.1, -0.05) is 34.1 Å². The molecule has 0 spiro atoms. The van der Waals surface area contributed by atoms with E-state index in [0.29, 0.717) is 36.5 Å². The lowest BCUT2D eigenvalue weighted by Gasteiger charge is -2.41. The summed E-state index contributed by atoms with van der Waals surface area (Å²) in [6, 6.07) is 10.6.